The minimum atomic E-state index is 0.354. The summed E-state index contributed by atoms with van der Waals surface area (Å²) in [5, 5.41) is 15.9. The molecule has 2 aliphatic rings. The van der Waals surface area contributed by atoms with Crippen LogP contribution in [0.2, 0.25) is 5.02 Å². The number of hydrogen-bond donors (Lipinski definition) is 0. The molecule has 5 heterocycles. The highest BCUT2D eigenvalue weighted by atomic mass is 35.5. The van der Waals surface area contributed by atoms with Crippen molar-refractivity contribution < 1.29 is 0 Å². The number of nitrogens with zero attached hydrogens (tertiary/aromatic N) is 8. The van der Waals surface area contributed by atoms with Gasteiger partial charge in [-0.1, -0.05) is 11.6 Å². The van der Waals surface area contributed by atoms with Crippen LogP contribution in [0.4, 0.5) is 5.82 Å². The van der Waals surface area contributed by atoms with Crippen molar-refractivity contribution in [2.24, 2.45) is 7.05 Å². The van der Waals surface area contributed by atoms with Gasteiger partial charge in [-0.2, -0.15) is 5.10 Å². The molecule has 0 saturated carbocycles. The number of fused-ring (bicyclic) bond motifs is 4. The Morgan fingerprint density at radius 2 is 1.88 bits per heavy atom. The van der Waals surface area contributed by atoms with E-state index in [1.807, 2.05) is 30.1 Å². The number of halogens is 1. The highest BCUT2D eigenvalue weighted by Gasteiger charge is 2.30. The van der Waals surface area contributed by atoms with Gasteiger partial charge in [-0.15, -0.1) is 10.2 Å². The zero-order valence-corrected chi connectivity index (χ0v) is 19.0. The van der Waals surface area contributed by atoms with Gasteiger partial charge >= 0.3 is 0 Å². The van der Waals surface area contributed by atoms with Gasteiger partial charge in [0.05, 0.1) is 17.6 Å². The fourth-order valence-electron chi connectivity index (χ4n) is 5.10. The van der Waals surface area contributed by atoms with Crippen molar-refractivity contribution in [2.75, 3.05) is 25.0 Å². The molecule has 164 valence electrons. The second-order valence-electron chi connectivity index (χ2n) is 8.84. The van der Waals surface area contributed by atoms with Crippen molar-refractivity contribution in [1.82, 2.24) is 34.4 Å². The summed E-state index contributed by atoms with van der Waals surface area (Å²) in [6.07, 6.45) is 3.84. The van der Waals surface area contributed by atoms with Crippen molar-refractivity contribution >= 4 is 28.5 Å². The Labute approximate surface area is 191 Å². The van der Waals surface area contributed by atoms with E-state index in [1.54, 1.807) is 0 Å². The average molecular weight is 449 g/mol. The molecule has 0 N–H and O–H groups in total. The SMILES string of the molecule is CN1Cc2cc(Cl)ccc2-n2c(nnc2C2CCN(c3nn(C)c4ncccc34)CC2)C1. The first-order valence-electron chi connectivity index (χ1n) is 11.0. The third-order valence-corrected chi connectivity index (χ3v) is 6.86. The number of piperidine rings is 1. The summed E-state index contributed by atoms with van der Waals surface area (Å²) in [6, 6.07) is 10.2. The molecule has 1 fully saturated rings. The molecule has 4 aromatic rings. The minimum Gasteiger partial charge on any atom is -0.355 e. The molecule has 6 rings (SSSR count). The molecule has 0 bridgehead atoms. The molecule has 1 saturated heterocycles. The fraction of sp³-hybridized carbons (Fsp3) is 0.391. The number of anilines is 1. The van der Waals surface area contributed by atoms with Gasteiger partial charge in [0.25, 0.3) is 0 Å². The van der Waals surface area contributed by atoms with Crippen LogP contribution in [0.1, 0.15) is 36.0 Å². The number of aryl methyl sites for hydroxylation is 1. The van der Waals surface area contributed by atoms with Crippen molar-refractivity contribution in [3.05, 3.63) is 58.8 Å². The van der Waals surface area contributed by atoms with Gasteiger partial charge in [0.2, 0.25) is 0 Å². The maximum atomic E-state index is 6.31. The summed E-state index contributed by atoms with van der Waals surface area (Å²) in [7, 11) is 4.07. The third-order valence-electron chi connectivity index (χ3n) is 6.63. The first kappa shape index (κ1) is 19.7. The standard InChI is InChI=1S/C23H25ClN8/c1-29-13-16-12-17(24)5-6-19(16)32-20(14-29)26-27-21(32)15-7-10-31(11-8-15)23-18-4-3-9-25-22(18)30(2)28-23/h3-6,9,12,15H,7-8,10-11,13-14H2,1-2H3. The molecule has 32 heavy (non-hydrogen) atoms. The van der Waals surface area contributed by atoms with Gasteiger partial charge in [0.1, 0.15) is 5.82 Å². The summed E-state index contributed by atoms with van der Waals surface area (Å²) < 4.78 is 4.14. The lowest BCUT2D eigenvalue weighted by atomic mass is 9.95. The van der Waals surface area contributed by atoms with E-state index in [0.717, 1.165) is 78.2 Å². The topological polar surface area (TPSA) is 67.9 Å². The molecule has 0 spiro atoms. The lowest BCUT2D eigenvalue weighted by Crippen LogP contribution is -2.34. The molecule has 0 radical (unpaired) electrons. The number of hydrogen-bond acceptors (Lipinski definition) is 6. The van der Waals surface area contributed by atoms with E-state index in [-0.39, 0.29) is 0 Å². The number of rotatable bonds is 2. The summed E-state index contributed by atoms with van der Waals surface area (Å²) >= 11 is 6.31. The summed E-state index contributed by atoms with van der Waals surface area (Å²) in [6.45, 7) is 3.48. The van der Waals surface area contributed by atoms with Crippen LogP contribution in [-0.2, 0) is 20.1 Å². The smallest absolute Gasteiger partial charge is 0.160 e. The Balaban J connectivity index is 1.31. The molecule has 2 aliphatic heterocycles. The van der Waals surface area contributed by atoms with Crippen LogP contribution in [0.3, 0.4) is 0 Å². The van der Waals surface area contributed by atoms with Crippen LogP contribution in [0.25, 0.3) is 16.7 Å². The van der Waals surface area contributed by atoms with Gasteiger partial charge in [-0.25, -0.2) is 9.67 Å². The normalized spacial score (nSPS) is 17.4. The largest absolute Gasteiger partial charge is 0.355 e. The number of aromatic nitrogens is 6. The second kappa shape index (κ2) is 7.56. The predicted molar refractivity (Wildman–Crippen MR) is 124 cm³/mol. The van der Waals surface area contributed by atoms with E-state index < -0.39 is 0 Å². The molecule has 1 aromatic carbocycles. The molecular weight excluding hydrogens is 424 g/mol. The maximum Gasteiger partial charge on any atom is 0.160 e. The van der Waals surface area contributed by atoms with Crippen LogP contribution in [0.5, 0.6) is 0 Å². The van der Waals surface area contributed by atoms with E-state index in [0.29, 0.717) is 5.92 Å². The summed E-state index contributed by atoms with van der Waals surface area (Å²) in [5.74, 6) is 3.43. The van der Waals surface area contributed by atoms with Crippen LogP contribution in [-0.4, -0.2) is 54.6 Å². The monoisotopic (exact) mass is 448 g/mol. The highest BCUT2D eigenvalue weighted by Crippen LogP contribution is 2.35. The van der Waals surface area contributed by atoms with Crippen molar-refractivity contribution in [1.29, 1.82) is 0 Å². The molecule has 0 atom stereocenters. The Morgan fingerprint density at radius 1 is 1.03 bits per heavy atom. The molecular formula is C23H25ClN8. The first-order valence-corrected chi connectivity index (χ1v) is 11.4. The Hall–Kier alpha value is -2.97. The van der Waals surface area contributed by atoms with E-state index in [1.165, 1.54) is 5.56 Å². The van der Waals surface area contributed by atoms with E-state index in [9.17, 15) is 0 Å². The third kappa shape index (κ3) is 3.17. The lowest BCUT2D eigenvalue weighted by molar-refractivity contribution is 0.315. The minimum absolute atomic E-state index is 0.354. The van der Waals surface area contributed by atoms with Crippen LogP contribution >= 0.6 is 11.6 Å². The summed E-state index contributed by atoms with van der Waals surface area (Å²) in [5.41, 5.74) is 3.29. The highest BCUT2D eigenvalue weighted by molar-refractivity contribution is 6.30. The first-order chi connectivity index (χ1) is 15.6. The van der Waals surface area contributed by atoms with Crippen LogP contribution < -0.4 is 4.90 Å². The van der Waals surface area contributed by atoms with E-state index >= 15 is 0 Å². The second-order valence-corrected chi connectivity index (χ2v) is 9.27. The molecule has 0 amide bonds. The van der Waals surface area contributed by atoms with Gasteiger partial charge < -0.3 is 4.90 Å². The molecule has 3 aromatic heterocycles. The molecule has 0 unspecified atom stereocenters. The van der Waals surface area contributed by atoms with Crippen LogP contribution in [0.15, 0.2) is 36.5 Å². The lowest BCUT2D eigenvalue weighted by Gasteiger charge is -2.32. The fourth-order valence-corrected chi connectivity index (χ4v) is 5.30. The molecule has 9 heteroatoms. The molecule has 0 aliphatic carbocycles. The van der Waals surface area contributed by atoms with Crippen molar-refractivity contribution in [3.8, 4) is 5.69 Å². The van der Waals surface area contributed by atoms with Crippen molar-refractivity contribution in [3.63, 3.8) is 0 Å². The predicted octanol–water partition coefficient (Wildman–Crippen LogP) is 3.53. The van der Waals surface area contributed by atoms with E-state index in [4.69, 9.17) is 16.7 Å². The number of pyridine rings is 1. The zero-order chi connectivity index (χ0) is 21.8. The van der Waals surface area contributed by atoms with Gasteiger partial charge in [0, 0.05) is 43.8 Å². The quantitative estimate of drug-likeness (QED) is 0.467. The summed E-state index contributed by atoms with van der Waals surface area (Å²) in [4.78, 5) is 9.12. The van der Waals surface area contributed by atoms with Gasteiger partial charge in [-0.3, -0.25) is 9.47 Å². The van der Waals surface area contributed by atoms with Crippen molar-refractivity contribution in [2.45, 2.75) is 31.8 Å². The van der Waals surface area contributed by atoms with Crippen LogP contribution in [0, 0.1) is 0 Å². The van der Waals surface area contributed by atoms with E-state index in [2.05, 4.69) is 54.8 Å². The Kier molecular flexibility index (Phi) is 4.66. The zero-order valence-electron chi connectivity index (χ0n) is 18.2. The average Bonchev–Trinajstić information content (AvgIpc) is 3.31. The Bertz CT molecular complexity index is 1300. The number of benzene rings is 1. The maximum absolute atomic E-state index is 6.31. The molecule has 8 nitrogen and oxygen atoms in total. The Morgan fingerprint density at radius 3 is 2.72 bits per heavy atom. The van der Waals surface area contributed by atoms with Gasteiger partial charge in [0.15, 0.2) is 17.3 Å². The van der Waals surface area contributed by atoms with Gasteiger partial charge in [-0.05, 0) is 55.8 Å².